The molecule has 0 aliphatic rings. The van der Waals surface area contributed by atoms with Gasteiger partial charge in [-0.1, -0.05) is 18.2 Å². The quantitative estimate of drug-likeness (QED) is 0.115. The van der Waals surface area contributed by atoms with Crippen LogP contribution in [0.5, 0.6) is 5.75 Å². The molecule has 194 valence electrons. The molecule has 0 aliphatic heterocycles. The summed E-state index contributed by atoms with van der Waals surface area (Å²) in [5, 5.41) is 16.0. The van der Waals surface area contributed by atoms with E-state index >= 15 is 0 Å². The van der Waals surface area contributed by atoms with E-state index in [4.69, 9.17) is 14.5 Å². The van der Waals surface area contributed by atoms with Crippen molar-refractivity contribution in [2.75, 3.05) is 13.7 Å². The number of methoxy groups -OCH3 is 1. The number of esters is 1. The standard InChI is InChI=1S/C29H22N4O6/c1-18-27-24(29(35)39-17-26(34)20-8-12-22(13-9-20)33(36)37)16-25(19-10-14-23(38-2)15-11-19)30-28(27)32(31-18)21-6-4-3-5-7-21/h3-16H,17H2,1-2H3. The minimum Gasteiger partial charge on any atom is -0.497 e. The lowest BCUT2D eigenvalue weighted by molar-refractivity contribution is -0.384. The van der Waals surface area contributed by atoms with Crippen LogP contribution in [0, 0.1) is 17.0 Å². The van der Waals surface area contributed by atoms with Crippen molar-refractivity contribution in [2.24, 2.45) is 0 Å². The summed E-state index contributed by atoms with van der Waals surface area (Å²) in [6, 6.07) is 23.4. The Kier molecular flexibility index (Phi) is 6.83. The molecule has 0 bridgehead atoms. The number of pyridine rings is 1. The number of non-ortho nitro benzene ring substituents is 1. The van der Waals surface area contributed by atoms with Gasteiger partial charge in [0.2, 0.25) is 0 Å². The SMILES string of the molecule is COc1ccc(-c2cc(C(=O)OCC(=O)c3ccc([N+](=O)[O-])cc3)c3c(C)nn(-c4ccccc4)c3n2)cc1. The van der Waals surface area contributed by atoms with Crippen LogP contribution in [-0.2, 0) is 4.74 Å². The summed E-state index contributed by atoms with van der Waals surface area (Å²) in [6.07, 6.45) is 0. The molecule has 0 saturated heterocycles. The van der Waals surface area contributed by atoms with Crippen molar-refractivity contribution < 1.29 is 24.0 Å². The molecular weight excluding hydrogens is 500 g/mol. The molecule has 0 spiro atoms. The Bertz CT molecular complexity index is 1690. The molecule has 10 heteroatoms. The number of hydrogen-bond donors (Lipinski definition) is 0. The van der Waals surface area contributed by atoms with Crippen LogP contribution < -0.4 is 4.74 Å². The van der Waals surface area contributed by atoms with Crippen LogP contribution in [0.1, 0.15) is 26.4 Å². The highest BCUT2D eigenvalue weighted by atomic mass is 16.6. The molecule has 5 rings (SSSR count). The van der Waals surface area contributed by atoms with E-state index in [-0.39, 0.29) is 16.8 Å². The Balaban J connectivity index is 1.53. The molecule has 3 aromatic carbocycles. The van der Waals surface area contributed by atoms with Crippen molar-refractivity contribution in [3.05, 3.63) is 112 Å². The average Bonchev–Trinajstić information content (AvgIpc) is 3.32. The second-order valence-electron chi connectivity index (χ2n) is 8.62. The van der Waals surface area contributed by atoms with E-state index in [1.54, 1.807) is 36.9 Å². The van der Waals surface area contributed by atoms with Crippen molar-refractivity contribution >= 4 is 28.5 Å². The number of aryl methyl sites for hydroxylation is 1. The number of rotatable bonds is 8. The number of fused-ring (bicyclic) bond motifs is 1. The van der Waals surface area contributed by atoms with Gasteiger partial charge < -0.3 is 9.47 Å². The second-order valence-corrected chi connectivity index (χ2v) is 8.62. The van der Waals surface area contributed by atoms with Gasteiger partial charge in [-0.15, -0.1) is 0 Å². The predicted octanol–water partition coefficient (Wildman–Crippen LogP) is 5.35. The Labute approximate surface area is 222 Å². The third kappa shape index (κ3) is 5.08. The molecule has 39 heavy (non-hydrogen) atoms. The van der Waals surface area contributed by atoms with Crippen LogP contribution >= 0.6 is 0 Å². The van der Waals surface area contributed by atoms with E-state index in [2.05, 4.69) is 5.10 Å². The highest BCUT2D eigenvalue weighted by molar-refractivity contribution is 6.06. The smallest absolute Gasteiger partial charge is 0.339 e. The molecule has 2 heterocycles. The van der Waals surface area contributed by atoms with Crippen LogP contribution in [0.4, 0.5) is 5.69 Å². The van der Waals surface area contributed by atoms with Gasteiger partial charge >= 0.3 is 5.97 Å². The first-order valence-electron chi connectivity index (χ1n) is 11.9. The number of ether oxygens (including phenoxy) is 2. The topological polar surface area (TPSA) is 126 Å². The van der Waals surface area contributed by atoms with Gasteiger partial charge in [-0.05, 0) is 61.5 Å². The highest BCUT2D eigenvalue weighted by Gasteiger charge is 2.23. The molecule has 0 N–H and O–H groups in total. The zero-order valence-corrected chi connectivity index (χ0v) is 21.0. The van der Waals surface area contributed by atoms with Gasteiger partial charge in [0.05, 0.1) is 40.1 Å². The van der Waals surface area contributed by atoms with Gasteiger partial charge in [0.15, 0.2) is 18.0 Å². The molecule has 0 atom stereocenters. The maximum Gasteiger partial charge on any atom is 0.339 e. The molecule has 0 saturated carbocycles. The number of aromatic nitrogens is 3. The fraction of sp³-hybridized carbons (Fsp3) is 0.103. The van der Waals surface area contributed by atoms with Crippen molar-refractivity contribution in [1.82, 2.24) is 14.8 Å². The number of ketones is 1. The Hall–Kier alpha value is -5.38. The van der Waals surface area contributed by atoms with Crippen molar-refractivity contribution in [1.29, 1.82) is 0 Å². The molecule has 0 fully saturated rings. The summed E-state index contributed by atoms with van der Waals surface area (Å²) >= 11 is 0. The maximum absolute atomic E-state index is 13.4. The van der Waals surface area contributed by atoms with E-state index < -0.39 is 23.3 Å². The van der Waals surface area contributed by atoms with Gasteiger partial charge in [0.1, 0.15) is 5.75 Å². The number of carbonyl (C=O) groups excluding carboxylic acids is 2. The third-order valence-corrected chi connectivity index (χ3v) is 6.15. The summed E-state index contributed by atoms with van der Waals surface area (Å²) in [5.74, 6) is -0.534. The van der Waals surface area contributed by atoms with Crippen molar-refractivity contribution in [3.63, 3.8) is 0 Å². The normalized spacial score (nSPS) is 10.8. The second kappa shape index (κ2) is 10.5. The summed E-state index contributed by atoms with van der Waals surface area (Å²) in [6.45, 7) is 1.24. The lowest BCUT2D eigenvalue weighted by Gasteiger charge is -2.10. The van der Waals surface area contributed by atoms with Gasteiger partial charge in [-0.3, -0.25) is 14.9 Å². The average molecular weight is 523 g/mol. The fourth-order valence-electron chi connectivity index (χ4n) is 4.17. The van der Waals surface area contributed by atoms with Crippen LogP contribution in [0.2, 0.25) is 0 Å². The molecule has 10 nitrogen and oxygen atoms in total. The number of Topliss-reactive ketones (excluding diaryl/α,β-unsaturated/α-hetero) is 1. The molecule has 2 aromatic heterocycles. The molecule has 0 aliphatic carbocycles. The predicted molar refractivity (Wildman–Crippen MR) is 143 cm³/mol. The highest BCUT2D eigenvalue weighted by Crippen LogP contribution is 2.30. The van der Waals surface area contributed by atoms with E-state index in [1.165, 1.54) is 24.3 Å². The van der Waals surface area contributed by atoms with Gasteiger partial charge in [0, 0.05) is 23.3 Å². The first kappa shape index (κ1) is 25.3. The lowest BCUT2D eigenvalue weighted by atomic mass is 10.1. The molecule has 5 aromatic rings. The number of para-hydroxylation sites is 1. The van der Waals surface area contributed by atoms with E-state index in [1.807, 2.05) is 42.5 Å². The Morgan fingerprint density at radius 3 is 2.31 bits per heavy atom. The van der Waals surface area contributed by atoms with E-state index in [0.29, 0.717) is 28.2 Å². The Morgan fingerprint density at radius 2 is 1.67 bits per heavy atom. The van der Waals surface area contributed by atoms with Gasteiger partial charge in [-0.25, -0.2) is 14.5 Å². The minimum absolute atomic E-state index is 0.139. The monoisotopic (exact) mass is 522 g/mol. The number of nitro benzene ring substituents is 1. The summed E-state index contributed by atoms with van der Waals surface area (Å²) in [5.41, 5.74) is 3.31. The first-order chi connectivity index (χ1) is 18.9. The molecule has 0 radical (unpaired) electrons. The van der Waals surface area contributed by atoms with Crippen LogP contribution in [-0.4, -0.2) is 45.2 Å². The number of nitrogens with zero attached hydrogens (tertiary/aromatic N) is 4. The van der Waals surface area contributed by atoms with Crippen LogP contribution in [0.15, 0.2) is 84.9 Å². The van der Waals surface area contributed by atoms with Crippen molar-refractivity contribution in [2.45, 2.75) is 6.92 Å². The minimum atomic E-state index is -0.719. The molecule has 0 unspecified atom stereocenters. The zero-order valence-electron chi connectivity index (χ0n) is 21.0. The third-order valence-electron chi connectivity index (χ3n) is 6.15. The first-order valence-corrected chi connectivity index (χ1v) is 11.9. The zero-order chi connectivity index (χ0) is 27.5. The Morgan fingerprint density at radius 1 is 0.974 bits per heavy atom. The number of nitro groups is 1. The fourth-order valence-corrected chi connectivity index (χ4v) is 4.17. The van der Waals surface area contributed by atoms with E-state index in [9.17, 15) is 19.7 Å². The number of benzene rings is 3. The van der Waals surface area contributed by atoms with Crippen LogP contribution in [0.3, 0.4) is 0 Å². The number of carbonyl (C=O) groups is 2. The summed E-state index contributed by atoms with van der Waals surface area (Å²) in [4.78, 5) is 41.2. The van der Waals surface area contributed by atoms with Gasteiger partial charge in [0.25, 0.3) is 5.69 Å². The van der Waals surface area contributed by atoms with Gasteiger partial charge in [-0.2, -0.15) is 5.10 Å². The molecular formula is C29H22N4O6. The van der Waals surface area contributed by atoms with Crippen molar-refractivity contribution in [3.8, 4) is 22.7 Å². The maximum atomic E-state index is 13.4. The molecule has 0 amide bonds. The van der Waals surface area contributed by atoms with Crippen LogP contribution in [0.25, 0.3) is 28.0 Å². The largest absolute Gasteiger partial charge is 0.497 e. The number of hydrogen-bond acceptors (Lipinski definition) is 8. The lowest BCUT2D eigenvalue weighted by Crippen LogP contribution is -2.15. The van der Waals surface area contributed by atoms with E-state index in [0.717, 1.165) is 11.3 Å². The summed E-state index contributed by atoms with van der Waals surface area (Å²) < 4.78 is 12.3. The summed E-state index contributed by atoms with van der Waals surface area (Å²) in [7, 11) is 1.58.